The van der Waals surface area contributed by atoms with Crippen molar-refractivity contribution in [3.63, 3.8) is 0 Å². The van der Waals surface area contributed by atoms with Gasteiger partial charge in [-0.2, -0.15) is 0 Å². The molecule has 4 rings (SSSR count). The van der Waals surface area contributed by atoms with E-state index in [4.69, 9.17) is 16.3 Å². The van der Waals surface area contributed by atoms with Gasteiger partial charge in [0.15, 0.2) is 11.0 Å². The van der Waals surface area contributed by atoms with Crippen LogP contribution in [0.25, 0.3) is 5.69 Å². The van der Waals surface area contributed by atoms with E-state index in [0.29, 0.717) is 33.0 Å². The van der Waals surface area contributed by atoms with Gasteiger partial charge >= 0.3 is 0 Å². The Bertz CT molecular complexity index is 1390. The molecule has 0 aliphatic rings. The molecule has 1 amide bonds. The lowest BCUT2D eigenvalue weighted by atomic mass is 10.2. The number of methoxy groups -OCH3 is 1. The molecule has 0 aliphatic heterocycles. The summed E-state index contributed by atoms with van der Waals surface area (Å²) in [6.07, 6.45) is 0. The summed E-state index contributed by atoms with van der Waals surface area (Å²) in [6.45, 7) is 1.79. The van der Waals surface area contributed by atoms with Gasteiger partial charge in [0.25, 0.3) is 11.6 Å². The number of nitrogens with zero attached hydrogens (tertiary/aromatic N) is 4. The summed E-state index contributed by atoms with van der Waals surface area (Å²) in [4.78, 5) is 23.5. The largest absolute Gasteiger partial charge is 0.497 e. The lowest BCUT2D eigenvalue weighted by Gasteiger charge is -2.17. The first-order valence-electron chi connectivity index (χ1n) is 10.9. The van der Waals surface area contributed by atoms with Crippen LogP contribution in [0.2, 0.25) is 5.02 Å². The van der Waals surface area contributed by atoms with Crippen molar-refractivity contribution in [2.45, 2.75) is 23.9 Å². The van der Waals surface area contributed by atoms with Crippen molar-refractivity contribution in [2.24, 2.45) is 0 Å². The summed E-state index contributed by atoms with van der Waals surface area (Å²) in [5.41, 5.74) is 1.98. The number of amides is 1. The van der Waals surface area contributed by atoms with Gasteiger partial charge in [-0.15, -0.1) is 10.2 Å². The second-order valence-corrected chi connectivity index (χ2v) is 9.11. The van der Waals surface area contributed by atoms with Gasteiger partial charge in [-0.25, -0.2) is 0 Å². The molecule has 184 valence electrons. The first kappa shape index (κ1) is 25.2. The molecule has 0 radical (unpaired) electrons. The van der Waals surface area contributed by atoms with Crippen LogP contribution in [-0.2, 0) is 5.75 Å². The van der Waals surface area contributed by atoms with Crippen molar-refractivity contribution < 1.29 is 14.5 Å². The maximum atomic E-state index is 12.8. The van der Waals surface area contributed by atoms with Crippen molar-refractivity contribution in [2.75, 3.05) is 7.11 Å². The molecule has 0 aliphatic carbocycles. The van der Waals surface area contributed by atoms with Crippen LogP contribution in [0.15, 0.2) is 78.0 Å². The van der Waals surface area contributed by atoms with E-state index in [0.717, 1.165) is 11.3 Å². The minimum Gasteiger partial charge on any atom is -0.497 e. The third-order valence-electron chi connectivity index (χ3n) is 5.33. The van der Waals surface area contributed by atoms with Crippen molar-refractivity contribution in [3.05, 3.63) is 105 Å². The van der Waals surface area contributed by atoms with Crippen LogP contribution < -0.4 is 10.1 Å². The average Bonchev–Trinajstić information content (AvgIpc) is 3.32. The Morgan fingerprint density at radius 2 is 1.89 bits per heavy atom. The number of carbonyl (C=O) groups excluding carboxylic acids is 1. The van der Waals surface area contributed by atoms with E-state index >= 15 is 0 Å². The van der Waals surface area contributed by atoms with E-state index in [9.17, 15) is 14.9 Å². The Balaban J connectivity index is 1.65. The molecule has 1 atom stereocenters. The Hall–Kier alpha value is -3.89. The van der Waals surface area contributed by atoms with Crippen LogP contribution in [0.5, 0.6) is 5.75 Å². The quantitative estimate of drug-likeness (QED) is 0.172. The topological polar surface area (TPSA) is 112 Å². The van der Waals surface area contributed by atoms with E-state index < -0.39 is 11.0 Å². The Kier molecular flexibility index (Phi) is 7.87. The molecule has 1 N–H and O–H groups in total. The molecule has 0 spiro atoms. The standard InChI is InChI=1S/C25H22ClN5O4S/c1-16(27-24(32)21-8-3-4-9-22(21)26)23-28-29-25(36-15-17-6-5-7-20(14-17)35-2)30(23)18-10-12-19(13-11-18)31(33)34/h3-14,16H,15H2,1-2H3,(H,27,32). The van der Waals surface area contributed by atoms with E-state index in [-0.39, 0.29) is 11.6 Å². The highest BCUT2D eigenvalue weighted by molar-refractivity contribution is 7.98. The zero-order valence-corrected chi connectivity index (χ0v) is 21.0. The summed E-state index contributed by atoms with van der Waals surface area (Å²) >= 11 is 7.63. The number of aromatic nitrogens is 3. The Morgan fingerprint density at radius 1 is 1.14 bits per heavy atom. The zero-order valence-electron chi connectivity index (χ0n) is 19.4. The number of ether oxygens (including phenoxy) is 1. The predicted molar refractivity (Wildman–Crippen MR) is 138 cm³/mol. The molecule has 0 fully saturated rings. The first-order chi connectivity index (χ1) is 17.4. The van der Waals surface area contributed by atoms with Gasteiger partial charge in [0.1, 0.15) is 5.75 Å². The molecular weight excluding hydrogens is 502 g/mol. The maximum Gasteiger partial charge on any atom is 0.269 e. The number of nitro benzene ring substituents is 1. The van der Waals surface area contributed by atoms with Gasteiger partial charge < -0.3 is 10.1 Å². The van der Waals surface area contributed by atoms with Gasteiger partial charge in [0.05, 0.1) is 28.7 Å². The van der Waals surface area contributed by atoms with Gasteiger partial charge in [-0.05, 0) is 48.9 Å². The summed E-state index contributed by atoms with van der Waals surface area (Å²) < 4.78 is 7.08. The van der Waals surface area contributed by atoms with Gasteiger partial charge in [0.2, 0.25) is 0 Å². The van der Waals surface area contributed by atoms with Crippen molar-refractivity contribution in [1.82, 2.24) is 20.1 Å². The molecule has 1 heterocycles. The lowest BCUT2D eigenvalue weighted by Crippen LogP contribution is -2.28. The minimum absolute atomic E-state index is 0.0287. The number of halogens is 1. The highest BCUT2D eigenvalue weighted by Gasteiger charge is 2.23. The highest BCUT2D eigenvalue weighted by Crippen LogP contribution is 2.29. The molecule has 0 saturated heterocycles. The number of non-ortho nitro benzene ring substituents is 1. The predicted octanol–water partition coefficient (Wildman–Crippen LogP) is 5.62. The van der Waals surface area contributed by atoms with E-state index in [2.05, 4.69) is 15.5 Å². The van der Waals surface area contributed by atoms with Crippen LogP contribution in [0.3, 0.4) is 0 Å². The molecular formula is C25H22ClN5O4S. The normalized spacial score (nSPS) is 11.6. The number of nitro groups is 1. The number of hydrogen-bond donors (Lipinski definition) is 1. The molecule has 4 aromatic rings. The van der Waals surface area contributed by atoms with Gasteiger partial charge in [-0.1, -0.05) is 47.6 Å². The SMILES string of the molecule is COc1cccc(CSc2nnc(C(C)NC(=O)c3ccccc3Cl)n2-c2ccc([N+](=O)[O-])cc2)c1. The molecule has 1 aromatic heterocycles. The zero-order chi connectivity index (χ0) is 25.7. The minimum atomic E-state index is -0.539. The highest BCUT2D eigenvalue weighted by atomic mass is 35.5. The van der Waals surface area contributed by atoms with Crippen LogP contribution in [0, 0.1) is 10.1 Å². The number of hydrogen-bond acceptors (Lipinski definition) is 7. The Morgan fingerprint density at radius 3 is 2.58 bits per heavy atom. The maximum absolute atomic E-state index is 12.8. The average molecular weight is 524 g/mol. The molecule has 3 aromatic carbocycles. The van der Waals surface area contributed by atoms with Gasteiger partial charge in [-0.3, -0.25) is 19.5 Å². The van der Waals surface area contributed by atoms with Crippen LogP contribution in [0.4, 0.5) is 5.69 Å². The van der Waals surface area contributed by atoms with Crippen LogP contribution >= 0.6 is 23.4 Å². The summed E-state index contributed by atoms with van der Waals surface area (Å²) in [5, 5.41) is 23.7. The third kappa shape index (κ3) is 5.67. The second kappa shape index (κ2) is 11.2. The van der Waals surface area contributed by atoms with E-state index in [1.165, 1.54) is 23.9 Å². The molecule has 11 heteroatoms. The number of nitrogens with one attached hydrogen (secondary N) is 1. The molecule has 0 bridgehead atoms. The fourth-order valence-corrected chi connectivity index (χ4v) is 4.64. The van der Waals surface area contributed by atoms with Crippen LogP contribution in [-0.4, -0.2) is 32.7 Å². The number of thioether (sulfide) groups is 1. The van der Waals surface area contributed by atoms with E-state index in [1.807, 2.05) is 24.3 Å². The second-order valence-electron chi connectivity index (χ2n) is 7.76. The molecule has 36 heavy (non-hydrogen) atoms. The monoisotopic (exact) mass is 523 g/mol. The van der Waals surface area contributed by atoms with Gasteiger partial charge in [0, 0.05) is 23.6 Å². The molecule has 1 unspecified atom stereocenters. The van der Waals surface area contributed by atoms with Crippen molar-refractivity contribution >= 4 is 35.0 Å². The Labute approximate surface area is 216 Å². The van der Waals surface area contributed by atoms with Crippen molar-refractivity contribution in [3.8, 4) is 11.4 Å². The van der Waals surface area contributed by atoms with Crippen LogP contribution in [0.1, 0.15) is 34.7 Å². The lowest BCUT2D eigenvalue weighted by molar-refractivity contribution is -0.384. The number of rotatable bonds is 9. The fourth-order valence-electron chi connectivity index (χ4n) is 3.52. The summed E-state index contributed by atoms with van der Waals surface area (Å²) in [6, 6.07) is 20.0. The summed E-state index contributed by atoms with van der Waals surface area (Å²) in [7, 11) is 1.61. The molecule has 0 saturated carbocycles. The van der Waals surface area contributed by atoms with E-state index in [1.54, 1.807) is 55.0 Å². The third-order valence-corrected chi connectivity index (χ3v) is 6.66. The number of benzene rings is 3. The first-order valence-corrected chi connectivity index (χ1v) is 12.2. The van der Waals surface area contributed by atoms with Crippen molar-refractivity contribution in [1.29, 1.82) is 0 Å². The smallest absolute Gasteiger partial charge is 0.269 e. The summed E-state index contributed by atoms with van der Waals surface area (Å²) in [5.74, 6) is 1.46. The fraction of sp³-hybridized carbons (Fsp3) is 0.160. The molecule has 9 nitrogen and oxygen atoms in total. The number of carbonyl (C=O) groups is 1.